The van der Waals surface area contributed by atoms with Crippen LogP contribution in [-0.4, -0.2) is 50.1 Å². The molecule has 1 saturated heterocycles. The van der Waals surface area contributed by atoms with Crippen LogP contribution >= 0.6 is 0 Å². The standard InChI is InChI=1S/C22H23N3O5S/c1-14-18(6-7-19-20(14)13-30-22(19)27)21(26)12-25-9-8-16(11-25)24-31(28,29)17-4-2-15(10-23)3-5-17/h2-7,16,21,24,26H,8-9,11-13H2,1H3. The summed E-state index contributed by atoms with van der Waals surface area (Å²) >= 11 is 0. The number of sulfonamides is 1. The minimum absolute atomic E-state index is 0.121. The largest absolute Gasteiger partial charge is 0.457 e. The zero-order chi connectivity index (χ0) is 22.2. The van der Waals surface area contributed by atoms with Crippen molar-refractivity contribution in [3.63, 3.8) is 0 Å². The number of ether oxygens (including phenoxy) is 1. The lowest BCUT2D eigenvalue weighted by Gasteiger charge is -2.22. The highest BCUT2D eigenvalue weighted by Crippen LogP contribution is 2.30. The number of cyclic esters (lactones) is 1. The van der Waals surface area contributed by atoms with Crippen LogP contribution in [0.5, 0.6) is 0 Å². The Morgan fingerprint density at radius 2 is 2.03 bits per heavy atom. The molecule has 162 valence electrons. The van der Waals surface area contributed by atoms with Crippen LogP contribution in [0, 0.1) is 18.3 Å². The molecule has 0 amide bonds. The lowest BCUT2D eigenvalue weighted by Crippen LogP contribution is -2.37. The van der Waals surface area contributed by atoms with Gasteiger partial charge in [0.25, 0.3) is 0 Å². The fraction of sp³-hybridized carbons (Fsp3) is 0.364. The summed E-state index contributed by atoms with van der Waals surface area (Å²) in [7, 11) is -3.69. The van der Waals surface area contributed by atoms with Gasteiger partial charge in [0, 0.05) is 24.7 Å². The molecule has 8 nitrogen and oxygen atoms in total. The second-order valence-electron chi connectivity index (χ2n) is 7.90. The number of hydrogen-bond donors (Lipinski definition) is 2. The Hall–Kier alpha value is -2.77. The molecule has 9 heteroatoms. The predicted molar refractivity (Wildman–Crippen MR) is 112 cm³/mol. The lowest BCUT2D eigenvalue weighted by atomic mass is 9.95. The molecule has 0 radical (unpaired) electrons. The van der Waals surface area contributed by atoms with E-state index in [1.165, 1.54) is 24.3 Å². The van der Waals surface area contributed by atoms with Gasteiger partial charge in [0.05, 0.1) is 28.2 Å². The summed E-state index contributed by atoms with van der Waals surface area (Å²) < 4.78 is 33.0. The van der Waals surface area contributed by atoms with Gasteiger partial charge in [-0.1, -0.05) is 6.07 Å². The maximum absolute atomic E-state index is 12.6. The number of carbonyl (C=O) groups excluding carboxylic acids is 1. The molecule has 2 aromatic rings. The van der Waals surface area contributed by atoms with Crippen molar-refractivity contribution in [2.45, 2.75) is 37.0 Å². The second kappa shape index (κ2) is 8.40. The van der Waals surface area contributed by atoms with Gasteiger partial charge in [0.15, 0.2) is 0 Å². The van der Waals surface area contributed by atoms with E-state index in [1.807, 2.05) is 17.9 Å². The van der Waals surface area contributed by atoms with E-state index in [-0.39, 0.29) is 23.5 Å². The van der Waals surface area contributed by atoms with Crippen molar-refractivity contribution in [3.8, 4) is 6.07 Å². The van der Waals surface area contributed by atoms with Crippen LogP contribution < -0.4 is 4.72 Å². The Bertz CT molecular complexity index is 1150. The Morgan fingerprint density at radius 1 is 1.29 bits per heavy atom. The summed E-state index contributed by atoms with van der Waals surface area (Å²) in [5.74, 6) is -0.337. The molecule has 1 fully saturated rings. The van der Waals surface area contributed by atoms with E-state index >= 15 is 0 Å². The summed E-state index contributed by atoms with van der Waals surface area (Å²) in [6.45, 7) is 3.60. The van der Waals surface area contributed by atoms with Gasteiger partial charge < -0.3 is 9.84 Å². The van der Waals surface area contributed by atoms with Crippen molar-refractivity contribution >= 4 is 16.0 Å². The van der Waals surface area contributed by atoms with Crippen LogP contribution in [0.4, 0.5) is 0 Å². The van der Waals surface area contributed by atoms with Gasteiger partial charge in [-0.2, -0.15) is 5.26 Å². The highest BCUT2D eigenvalue weighted by molar-refractivity contribution is 7.89. The third-order valence-corrected chi connectivity index (χ3v) is 7.42. The van der Waals surface area contributed by atoms with E-state index in [0.717, 1.165) is 16.7 Å². The van der Waals surface area contributed by atoms with Gasteiger partial charge in [-0.15, -0.1) is 0 Å². The van der Waals surface area contributed by atoms with E-state index in [0.29, 0.717) is 37.2 Å². The molecule has 0 aliphatic carbocycles. The Labute approximate surface area is 181 Å². The molecule has 31 heavy (non-hydrogen) atoms. The molecule has 2 aromatic carbocycles. The van der Waals surface area contributed by atoms with Crippen molar-refractivity contribution < 1.29 is 23.1 Å². The third kappa shape index (κ3) is 4.34. The number of fused-ring (bicyclic) bond motifs is 1. The number of esters is 1. The van der Waals surface area contributed by atoms with Gasteiger partial charge in [0.2, 0.25) is 10.0 Å². The summed E-state index contributed by atoms with van der Waals surface area (Å²) in [4.78, 5) is 13.8. The quantitative estimate of drug-likeness (QED) is 0.654. The maximum Gasteiger partial charge on any atom is 0.338 e. The fourth-order valence-electron chi connectivity index (χ4n) is 4.16. The van der Waals surface area contributed by atoms with Crippen LogP contribution in [0.25, 0.3) is 0 Å². The van der Waals surface area contributed by atoms with Crippen molar-refractivity contribution in [1.82, 2.24) is 9.62 Å². The summed E-state index contributed by atoms with van der Waals surface area (Å²) in [5.41, 5.74) is 3.37. The van der Waals surface area contributed by atoms with E-state index < -0.39 is 16.1 Å². The predicted octanol–water partition coefficient (Wildman–Crippen LogP) is 1.62. The molecule has 2 heterocycles. The van der Waals surface area contributed by atoms with Crippen molar-refractivity contribution in [2.24, 2.45) is 0 Å². The molecule has 4 rings (SSSR count). The third-order valence-electron chi connectivity index (χ3n) is 5.89. The number of aliphatic hydroxyl groups is 1. The molecule has 0 saturated carbocycles. The normalized spacial score (nSPS) is 19.6. The van der Waals surface area contributed by atoms with E-state index in [1.54, 1.807) is 12.1 Å². The van der Waals surface area contributed by atoms with E-state index in [4.69, 9.17) is 10.00 Å². The van der Waals surface area contributed by atoms with Crippen molar-refractivity contribution in [3.05, 3.63) is 64.2 Å². The van der Waals surface area contributed by atoms with Gasteiger partial charge in [-0.05, 0) is 61.3 Å². The lowest BCUT2D eigenvalue weighted by molar-refractivity contribution is 0.0535. The van der Waals surface area contributed by atoms with Gasteiger partial charge in [-0.3, -0.25) is 4.90 Å². The van der Waals surface area contributed by atoms with Crippen LogP contribution in [0.3, 0.4) is 0 Å². The highest BCUT2D eigenvalue weighted by atomic mass is 32.2. The zero-order valence-corrected chi connectivity index (χ0v) is 17.9. The smallest absolute Gasteiger partial charge is 0.338 e. The van der Waals surface area contributed by atoms with E-state index in [9.17, 15) is 18.3 Å². The van der Waals surface area contributed by atoms with E-state index in [2.05, 4.69) is 4.72 Å². The molecular weight excluding hydrogens is 418 g/mol. The second-order valence-corrected chi connectivity index (χ2v) is 9.61. The van der Waals surface area contributed by atoms with Gasteiger partial charge >= 0.3 is 5.97 Å². The number of β-amino-alcohol motifs (C(OH)–C–C–N with tert-alkyl or cyclic N) is 1. The number of nitrogens with zero attached hydrogens (tertiary/aromatic N) is 2. The topological polar surface area (TPSA) is 120 Å². The molecule has 2 unspecified atom stereocenters. The number of nitrogens with one attached hydrogen (secondary N) is 1. The Balaban J connectivity index is 1.38. The first kappa shape index (κ1) is 21.5. The summed E-state index contributed by atoms with van der Waals surface area (Å²) in [5, 5.41) is 19.6. The van der Waals surface area contributed by atoms with Gasteiger partial charge in [-0.25, -0.2) is 17.9 Å². The molecule has 2 atom stereocenters. The SMILES string of the molecule is Cc1c(C(O)CN2CCC(NS(=O)(=O)c3ccc(C#N)cc3)C2)ccc2c1COC2=O. The number of likely N-dealkylation sites (tertiary alicyclic amines) is 1. The number of aliphatic hydroxyl groups excluding tert-OH is 1. The van der Waals surface area contributed by atoms with Gasteiger partial charge in [0.1, 0.15) is 6.61 Å². The number of hydrogen-bond acceptors (Lipinski definition) is 7. The molecule has 2 aliphatic heterocycles. The first-order valence-corrected chi connectivity index (χ1v) is 11.5. The van der Waals surface area contributed by atoms with Crippen LogP contribution in [-0.2, 0) is 21.4 Å². The molecular formula is C22H23N3O5S. The molecule has 2 aliphatic rings. The van der Waals surface area contributed by atoms with Crippen LogP contribution in [0.2, 0.25) is 0 Å². The zero-order valence-electron chi connectivity index (χ0n) is 17.0. The first-order chi connectivity index (χ1) is 14.8. The highest BCUT2D eigenvalue weighted by Gasteiger charge is 2.30. The number of rotatable bonds is 6. The minimum atomic E-state index is -3.69. The first-order valence-electron chi connectivity index (χ1n) is 10.0. The molecule has 0 bridgehead atoms. The monoisotopic (exact) mass is 441 g/mol. The number of carbonyl (C=O) groups is 1. The summed E-state index contributed by atoms with van der Waals surface area (Å²) in [6.07, 6.45) is -0.122. The van der Waals surface area contributed by atoms with Crippen LogP contribution in [0.15, 0.2) is 41.3 Å². The number of nitriles is 1. The Morgan fingerprint density at radius 3 is 2.74 bits per heavy atom. The minimum Gasteiger partial charge on any atom is -0.457 e. The number of benzene rings is 2. The van der Waals surface area contributed by atoms with Crippen molar-refractivity contribution in [2.75, 3.05) is 19.6 Å². The Kier molecular flexibility index (Phi) is 5.81. The molecule has 2 N–H and O–H groups in total. The van der Waals surface area contributed by atoms with Crippen LogP contribution in [0.1, 0.15) is 45.1 Å². The average Bonchev–Trinajstić information content (AvgIpc) is 3.34. The summed E-state index contributed by atoms with van der Waals surface area (Å²) in [6, 6.07) is 10.9. The molecule has 0 aromatic heterocycles. The molecule has 0 spiro atoms. The average molecular weight is 442 g/mol. The van der Waals surface area contributed by atoms with Crippen molar-refractivity contribution in [1.29, 1.82) is 5.26 Å². The fourth-order valence-corrected chi connectivity index (χ4v) is 5.42. The maximum atomic E-state index is 12.6.